The van der Waals surface area contributed by atoms with Crippen LogP contribution in [0.1, 0.15) is 30.0 Å². The molecule has 1 unspecified atom stereocenters. The van der Waals surface area contributed by atoms with Gasteiger partial charge in [-0.25, -0.2) is 4.39 Å². The lowest BCUT2D eigenvalue weighted by Crippen LogP contribution is -2.24. The molecule has 5 heterocycles. The first-order chi connectivity index (χ1) is 16.5. The summed E-state index contributed by atoms with van der Waals surface area (Å²) in [7, 11) is 3.44. The molecule has 0 aliphatic carbocycles. The Morgan fingerprint density at radius 1 is 1.12 bits per heavy atom. The molecule has 174 valence electrons. The van der Waals surface area contributed by atoms with Crippen molar-refractivity contribution in [1.29, 1.82) is 0 Å². The topological polar surface area (TPSA) is 82.6 Å². The second kappa shape index (κ2) is 8.71. The zero-order valence-corrected chi connectivity index (χ0v) is 19.1. The number of halogens is 1. The molecule has 0 amide bonds. The Kier molecular flexibility index (Phi) is 5.58. The molecule has 0 bridgehead atoms. The number of ether oxygens (including phenoxy) is 2. The van der Waals surface area contributed by atoms with Gasteiger partial charge < -0.3 is 14.4 Å². The van der Waals surface area contributed by atoms with E-state index in [0.717, 1.165) is 22.5 Å². The van der Waals surface area contributed by atoms with Crippen molar-refractivity contribution >= 4 is 17.4 Å². The smallest absolute Gasteiger partial charge is 0.197 e. The molecule has 0 spiro atoms. The molecular formula is C24H24FN7O2. The summed E-state index contributed by atoms with van der Waals surface area (Å²) in [4.78, 5) is 6.45. The molecule has 4 aromatic rings. The van der Waals surface area contributed by atoms with Crippen molar-refractivity contribution in [3.63, 3.8) is 0 Å². The van der Waals surface area contributed by atoms with Crippen molar-refractivity contribution in [1.82, 2.24) is 34.3 Å². The third-order valence-corrected chi connectivity index (χ3v) is 5.78. The van der Waals surface area contributed by atoms with Gasteiger partial charge in [0.15, 0.2) is 17.3 Å². The van der Waals surface area contributed by atoms with E-state index in [-0.39, 0.29) is 11.7 Å². The highest BCUT2D eigenvalue weighted by atomic mass is 19.1. The predicted molar refractivity (Wildman–Crippen MR) is 125 cm³/mol. The fraction of sp³-hybridized carbons (Fsp3) is 0.250. The molecule has 0 fully saturated rings. The van der Waals surface area contributed by atoms with Gasteiger partial charge in [-0.2, -0.15) is 5.10 Å². The van der Waals surface area contributed by atoms with Crippen molar-refractivity contribution in [2.45, 2.75) is 13.0 Å². The van der Waals surface area contributed by atoms with Crippen LogP contribution in [-0.4, -0.2) is 54.6 Å². The van der Waals surface area contributed by atoms with Crippen molar-refractivity contribution in [2.24, 2.45) is 7.05 Å². The van der Waals surface area contributed by atoms with Gasteiger partial charge in [0.1, 0.15) is 12.4 Å². The van der Waals surface area contributed by atoms with Crippen LogP contribution < -0.4 is 4.74 Å². The van der Waals surface area contributed by atoms with Crippen LogP contribution in [-0.2, 0) is 11.8 Å². The monoisotopic (exact) mass is 461 g/mol. The highest BCUT2D eigenvalue weighted by molar-refractivity contribution is 5.75. The summed E-state index contributed by atoms with van der Waals surface area (Å²) in [5.74, 6) is 0.762. The Labute approximate surface area is 195 Å². The van der Waals surface area contributed by atoms with Crippen molar-refractivity contribution in [3.05, 3.63) is 72.6 Å². The standard InChI is InChI=1S/C24H24FN7O2/c1-15-20-10-19(34-8-7-33-4)12-26-22(20)5-6-31(15)16(2)23-28-29-24-21(25)9-17(14-32(23)24)18-11-27-30(3)13-18/h5-6,9-14,16H,1,7-8H2,2-4H3. The SMILES string of the molecule is C=C1c2cc(OCCOC)cnc2C=CN1C(C)c1nnc2c(F)cc(-c3cnn(C)c3)cn12. The minimum Gasteiger partial charge on any atom is -0.490 e. The second-order valence-corrected chi connectivity index (χ2v) is 8.02. The Bertz CT molecular complexity index is 1410. The average Bonchev–Trinajstić information content (AvgIpc) is 3.46. The molecular weight excluding hydrogens is 437 g/mol. The maximum atomic E-state index is 14.9. The van der Waals surface area contributed by atoms with Gasteiger partial charge in [0.2, 0.25) is 0 Å². The van der Waals surface area contributed by atoms with E-state index in [4.69, 9.17) is 9.47 Å². The van der Waals surface area contributed by atoms with Gasteiger partial charge in [-0.3, -0.25) is 14.1 Å². The minimum absolute atomic E-state index is 0.164. The zero-order valence-electron chi connectivity index (χ0n) is 19.1. The summed E-state index contributed by atoms with van der Waals surface area (Å²) in [6.45, 7) is 7.16. The van der Waals surface area contributed by atoms with E-state index in [0.29, 0.717) is 30.4 Å². The van der Waals surface area contributed by atoms with Crippen LogP contribution >= 0.6 is 0 Å². The number of hydrogen-bond donors (Lipinski definition) is 0. The van der Waals surface area contributed by atoms with Crippen molar-refractivity contribution in [3.8, 4) is 16.9 Å². The molecule has 1 aliphatic heterocycles. The van der Waals surface area contributed by atoms with Crippen LogP contribution in [0.15, 0.2) is 49.7 Å². The number of aromatic nitrogens is 6. The molecule has 0 radical (unpaired) electrons. The highest BCUT2D eigenvalue weighted by Gasteiger charge is 2.26. The number of rotatable bonds is 7. The predicted octanol–water partition coefficient (Wildman–Crippen LogP) is 3.71. The van der Waals surface area contributed by atoms with Crippen LogP contribution in [0, 0.1) is 5.82 Å². The lowest BCUT2D eigenvalue weighted by molar-refractivity contribution is 0.146. The average molecular weight is 462 g/mol. The Hall–Kier alpha value is -4.05. The van der Waals surface area contributed by atoms with E-state index < -0.39 is 5.82 Å². The summed E-state index contributed by atoms with van der Waals surface area (Å²) in [6.07, 6.45) is 10.8. The quantitative estimate of drug-likeness (QED) is 0.388. The van der Waals surface area contributed by atoms with Gasteiger partial charge in [-0.15, -0.1) is 10.2 Å². The van der Waals surface area contributed by atoms with E-state index >= 15 is 0 Å². The van der Waals surface area contributed by atoms with Gasteiger partial charge in [-0.05, 0) is 25.1 Å². The molecule has 1 atom stereocenters. The van der Waals surface area contributed by atoms with Crippen molar-refractivity contribution in [2.75, 3.05) is 20.3 Å². The van der Waals surface area contributed by atoms with Gasteiger partial charge in [0, 0.05) is 55.1 Å². The molecule has 0 saturated carbocycles. The molecule has 0 saturated heterocycles. The maximum Gasteiger partial charge on any atom is 0.197 e. The second-order valence-electron chi connectivity index (χ2n) is 8.02. The largest absolute Gasteiger partial charge is 0.490 e. The van der Waals surface area contributed by atoms with E-state index in [1.807, 2.05) is 49.6 Å². The maximum absolute atomic E-state index is 14.9. The third-order valence-electron chi connectivity index (χ3n) is 5.78. The number of aryl methyl sites for hydroxylation is 1. The number of nitrogens with zero attached hydrogens (tertiary/aromatic N) is 7. The lowest BCUT2D eigenvalue weighted by Gasteiger charge is -2.32. The van der Waals surface area contributed by atoms with Crippen LogP contribution in [0.25, 0.3) is 28.5 Å². The number of methoxy groups -OCH3 is 1. The van der Waals surface area contributed by atoms with Crippen LogP contribution in [0.5, 0.6) is 5.75 Å². The van der Waals surface area contributed by atoms with E-state index in [1.54, 1.807) is 28.6 Å². The van der Waals surface area contributed by atoms with E-state index in [9.17, 15) is 4.39 Å². The molecule has 4 aromatic heterocycles. The molecule has 1 aliphatic rings. The molecule has 34 heavy (non-hydrogen) atoms. The van der Waals surface area contributed by atoms with Gasteiger partial charge >= 0.3 is 0 Å². The van der Waals surface area contributed by atoms with Crippen LogP contribution in [0.2, 0.25) is 0 Å². The molecule has 0 N–H and O–H groups in total. The van der Waals surface area contributed by atoms with Gasteiger partial charge in [0.05, 0.1) is 30.7 Å². The van der Waals surface area contributed by atoms with Gasteiger partial charge in [0.25, 0.3) is 0 Å². The Morgan fingerprint density at radius 3 is 2.74 bits per heavy atom. The third kappa shape index (κ3) is 3.81. The highest BCUT2D eigenvalue weighted by Crippen LogP contribution is 2.35. The number of hydrogen-bond acceptors (Lipinski definition) is 7. The molecule has 5 rings (SSSR count). The van der Waals surface area contributed by atoms with Crippen LogP contribution in [0.4, 0.5) is 4.39 Å². The summed E-state index contributed by atoms with van der Waals surface area (Å²) < 4.78 is 29.0. The van der Waals surface area contributed by atoms with Crippen molar-refractivity contribution < 1.29 is 13.9 Å². The number of pyridine rings is 2. The first-order valence-electron chi connectivity index (χ1n) is 10.8. The minimum atomic E-state index is -0.451. The zero-order chi connectivity index (χ0) is 23.8. The fourth-order valence-electron chi connectivity index (χ4n) is 3.99. The normalized spacial score (nSPS) is 14.0. The van der Waals surface area contributed by atoms with Gasteiger partial charge in [-0.1, -0.05) is 6.58 Å². The Balaban J connectivity index is 1.48. The number of fused-ring (bicyclic) bond motifs is 2. The summed E-state index contributed by atoms with van der Waals surface area (Å²) >= 11 is 0. The summed E-state index contributed by atoms with van der Waals surface area (Å²) in [5.41, 5.74) is 4.03. The van der Waals surface area contributed by atoms with E-state index in [2.05, 4.69) is 26.9 Å². The summed E-state index contributed by atoms with van der Waals surface area (Å²) in [6, 6.07) is 3.07. The Morgan fingerprint density at radius 2 is 1.97 bits per heavy atom. The molecule has 9 nitrogen and oxygen atoms in total. The van der Waals surface area contributed by atoms with E-state index in [1.165, 1.54) is 6.07 Å². The first-order valence-corrected chi connectivity index (χ1v) is 10.8. The molecule has 0 aromatic carbocycles. The molecule has 10 heteroatoms. The lowest BCUT2D eigenvalue weighted by atomic mass is 10.0. The summed E-state index contributed by atoms with van der Waals surface area (Å²) in [5, 5.41) is 12.6. The van der Waals surface area contributed by atoms with Crippen LogP contribution in [0.3, 0.4) is 0 Å². The first kappa shape index (κ1) is 21.8. The fourth-order valence-corrected chi connectivity index (χ4v) is 3.99.